The minimum atomic E-state index is -1.06. The Labute approximate surface area is 127 Å². The Balaban J connectivity index is 2.12. The van der Waals surface area contributed by atoms with Crippen LogP contribution in [0.25, 0.3) is 0 Å². The number of benzene rings is 1. The van der Waals surface area contributed by atoms with Crippen molar-refractivity contribution in [2.75, 3.05) is 11.9 Å². The topological polar surface area (TPSA) is 88.5 Å². The molecule has 1 aromatic heterocycles. The lowest BCUT2D eigenvalue weighted by Gasteiger charge is -2.09. The van der Waals surface area contributed by atoms with Gasteiger partial charge in [-0.1, -0.05) is 6.92 Å². The molecular weight excluding hydrogens is 284 g/mol. The molecule has 0 aliphatic rings. The highest BCUT2D eigenvalue weighted by Crippen LogP contribution is 2.19. The molecule has 2 aromatic rings. The maximum Gasteiger partial charge on any atom is 0.339 e. The largest absolute Gasteiger partial charge is 0.478 e. The Morgan fingerprint density at radius 2 is 1.95 bits per heavy atom. The van der Waals surface area contributed by atoms with Gasteiger partial charge in [0.05, 0.1) is 12.2 Å². The molecule has 6 heteroatoms. The lowest BCUT2D eigenvalue weighted by Crippen LogP contribution is -2.06. The number of carboxylic acid groups (broad SMARTS) is 1. The van der Waals surface area contributed by atoms with Gasteiger partial charge in [-0.2, -0.15) is 0 Å². The number of aromatic carboxylic acids is 1. The first-order chi connectivity index (χ1) is 10.6. The number of carbonyl (C=O) groups is 2. The van der Waals surface area contributed by atoms with E-state index in [9.17, 15) is 9.59 Å². The Bertz CT molecular complexity index is 668. The van der Waals surface area contributed by atoms with Gasteiger partial charge >= 0.3 is 11.9 Å². The fourth-order valence-electron chi connectivity index (χ4n) is 1.78. The van der Waals surface area contributed by atoms with Crippen LogP contribution in [0, 0.1) is 0 Å². The number of ether oxygens (including phenoxy) is 1. The van der Waals surface area contributed by atoms with Crippen molar-refractivity contribution in [1.82, 2.24) is 4.98 Å². The molecule has 22 heavy (non-hydrogen) atoms. The van der Waals surface area contributed by atoms with E-state index in [1.165, 1.54) is 12.3 Å². The van der Waals surface area contributed by atoms with Gasteiger partial charge in [-0.25, -0.2) is 14.6 Å². The smallest absolute Gasteiger partial charge is 0.339 e. The Morgan fingerprint density at radius 3 is 2.59 bits per heavy atom. The van der Waals surface area contributed by atoms with Gasteiger partial charge in [0.15, 0.2) is 0 Å². The summed E-state index contributed by atoms with van der Waals surface area (Å²) in [5, 5.41) is 12.0. The highest BCUT2D eigenvalue weighted by atomic mass is 16.5. The highest BCUT2D eigenvalue weighted by molar-refractivity contribution is 5.94. The van der Waals surface area contributed by atoms with Crippen LogP contribution in [0.3, 0.4) is 0 Å². The molecule has 2 rings (SSSR count). The molecule has 0 fully saturated rings. The van der Waals surface area contributed by atoms with Gasteiger partial charge in [-0.05, 0) is 42.8 Å². The Morgan fingerprint density at radius 1 is 1.23 bits per heavy atom. The predicted octanol–water partition coefficient (Wildman–Crippen LogP) is 3.09. The zero-order chi connectivity index (χ0) is 15.9. The minimum Gasteiger partial charge on any atom is -0.478 e. The summed E-state index contributed by atoms with van der Waals surface area (Å²) >= 11 is 0. The molecule has 0 saturated carbocycles. The van der Waals surface area contributed by atoms with Crippen molar-refractivity contribution in [1.29, 1.82) is 0 Å². The van der Waals surface area contributed by atoms with E-state index in [1.54, 1.807) is 30.3 Å². The molecular formula is C16H16N2O4. The quantitative estimate of drug-likeness (QED) is 0.797. The normalized spacial score (nSPS) is 10.0. The van der Waals surface area contributed by atoms with Crippen LogP contribution >= 0.6 is 0 Å². The van der Waals surface area contributed by atoms with Gasteiger partial charge in [0.2, 0.25) is 0 Å². The standard InChI is InChI=1S/C16H16N2O4/c1-2-10-22-16(21)11-5-7-12(8-6-11)18-14-13(15(19)20)4-3-9-17-14/h3-9H,2,10H2,1H3,(H,17,18)(H,19,20). The van der Waals surface area contributed by atoms with E-state index in [4.69, 9.17) is 9.84 Å². The summed E-state index contributed by atoms with van der Waals surface area (Å²) in [5.74, 6) is -1.19. The van der Waals surface area contributed by atoms with Gasteiger partial charge < -0.3 is 15.2 Å². The fraction of sp³-hybridized carbons (Fsp3) is 0.188. The zero-order valence-electron chi connectivity index (χ0n) is 12.1. The van der Waals surface area contributed by atoms with E-state index in [2.05, 4.69) is 10.3 Å². The molecule has 0 radical (unpaired) electrons. The molecule has 114 valence electrons. The van der Waals surface area contributed by atoms with Gasteiger partial charge in [-0.3, -0.25) is 0 Å². The number of rotatable bonds is 6. The third-order valence-corrected chi connectivity index (χ3v) is 2.86. The summed E-state index contributed by atoms with van der Waals surface area (Å²) in [7, 11) is 0. The number of carboxylic acids is 1. The monoisotopic (exact) mass is 300 g/mol. The van der Waals surface area contributed by atoms with E-state index in [-0.39, 0.29) is 17.4 Å². The third kappa shape index (κ3) is 3.82. The van der Waals surface area contributed by atoms with E-state index >= 15 is 0 Å². The molecule has 1 aromatic carbocycles. The number of hydrogen-bond donors (Lipinski definition) is 2. The van der Waals surface area contributed by atoms with E-state index < -0.39 is 5.97 Å². The van der Waals surface area contributed by atoms with Crippen LogP contribution in [0.15, 0.2) is 42.6 Å². The summed E-state index contributed by atoms with van der Waals surface area (Å²) in [5.41, 5.74) is 1.15. The summed E-state index contributed by atoms with van der Waals surface area (Å²) in [4.78, 5) is 26.8. The van der Waals surface area contributed by atoms with Crippen molar-refractivity contribution < 1.29 is 19.4 Å². The molecule has 1 heterocycles. The molecule has 0 aliphatic heterocycles. The third-order valence-electron chi connectivity index (χ3n) is 2.86. The first-order valence-corrected chi connectivity index (χ1v) is 6.84. The van der Waals surface area contributed by atoms with Gasteiger partial charge in [0.1, 0.15) is 11.4 Å². The van der Waals surface area contributed by atoms with Crippen LogP contribution in [0.2, 0.25) is 0 Å². The van der Waals surface area contributed by atoms with Crippen LogP contribution in [0.4, 0.5) is 11.5 Å². The number of esters is 1. The first kappa shape index (κ1) is 15.5. The summed E-state index contributed by atoms with van der Waals surface area (Å²) in [6.45, 7) is 2.31. The molecule has 0 aliphatic carbocycles. The average molecular weight is 300 g/mol. The highest BCUT2D eigenvalue weighted by Gasteiger charge is 2.11. The van der Waals surface area contributed by atoms with Crippen LogP contribution in [-0.4, -0.2) is 28.6 Å². The molecule has 2 N–H and O–H groups in total. The summed E-state index contributed by atoms with van der Waals surface area (Å²) in [6.07, 6.45) is 2.27. The molecule has 0 spiro atoms. The average Bonchev–Trinajstić information content (AvgIpc) is 2.53. The van der Waals surface area contributed by atoms with E-state index in [0.29, 0.717) is 17.9 Å². The molecule has 0 amide bonds. The SMILES string of the molecule is CCCOC(=O)c1ccc(Nc2ncccc2C(=O)O)cc1. The van der Waals surface area contributed by atoms with Crippen LogP contribution in [0.1, 0.15) is 34.1 Å². The van der Waals surface area contributed by atoms with E-state index in [1.807, 2.05) is 6.92 Å². The lowest BCUT2D eigenvalue weighted by molar-refractivity contribution is 0.0504. The second-order valence-electron chi connectivity index (χ2n) is 4.54. The number of nitrogens with one attached hydrogen (secondary N) is 1. The van der Waals surface area contributed by atoms with Crippen LogP contribution in [0.5, 0.6) is 0 Å². The van der Waals surface area contributed by atoms with E-state index in [0.717, 1.165) is 6.42 Å². The minimum absolute atomic E-state index is 0.0777. The molecule has 0 bridgehead atoms. The van der Waals surface area contributed by atoms with Crippen molar-refractivity contribution in [2.24, 2.45) is 0 Å². The Hall–Kier alpha value is -2.89. The number of nitrogens with zero attached hydrogens (tertiary/aromatic N) is 1. The first-order valence-electron chi connectivity index (χ1n) is 6.84. The second-order valence-corrected chi connectivity index (χ2v) is 4.54. The second kappa shape index (κ2) is 7.21. The predicted molar refractivity (Wildman–Crippen MR) is 81.5 cm³/mol. The number of hydrogen-bond acceptors (Lipinski definition) is 5. The molecule has 0 atom stereocenters. The van der Waals surface area contributed by atoms with Crippen LogP contribution < -0.4 is 5.32 Å². The Kier molecular flexibility index (Phi) is 5.08. The molecule has 0 unspecified atom stereocenters. The zero-order valence-corrected chi connectivity index (χ0v) is 12.1. The number of pyridine rings is 1. The summed E-state index contributed by atoms with van der Waals surface area (Å²) < 4.78 is 5.04. The van der Waals surface area contributed by atoms with Gasteiger partial charge in [0.25, 0.3) is 0 Å². The van der Waals surface area contributed by atoms with Crippen molar-refractivity contribution >= 4 is 23.4 Å². The van der Waals surface area contributed by atoms with Gasteiger partial charge in [-0.15, -0.1) is 0 Å². The van der Waals surface area contributed by atoms with Crippen molar-refractivity contribution in [2.45, 2.75) is 13.3 Å². The fourth-order valence-corrected chi connectivity index (χ4v) is 1.78. The maximum absolute atomic E-state index is 11.7. The number of carbonyl (C=O) groups excluding carboxylic acids is 1. The maximum atomic E-state index is 11.7. The van der Waals surface area contributed by atoms with Crippen molar-refractivity contribution in [3.63, 3.8) is 0 Å². The van der Waals surface area contributed by atoms with Crippen molar-refractivity contribution in [3.8, 4) is 0 Å². The molecule has 6 nitrogen and oxygen atoms in total. The molecule has 0 saturated heterocycles. The van der Waals surface area contributed by atoms with Gasteiger partial charge in [0, 0.05) is 11.9 Å². The van der Waals surface area contributed by atoms with Crippen LogP contribution in [-0.2, 0) is 4.74 Å². The lowest BCUT2D eigenvalue weighted by atomic mass is 10.2. The van der Waals surface area contributed by atoms with Crippen molar-refractivity contribution in [3.05, 3.63) is 53.7 Å². The summed E-state index contributed by atoms with van der Waals surface area (Å²) in [6, 6.07) is 9.59. The number of aromatic nitrogens is 1. The number of anilines is 2.